The van der Waals surface area contributed by atoms with E-state index in [0.29, 0.717) is 44.4 Å². The van der Waals surface area contributed by atoms with Crippen LogP contribution in [0.5, 0.6) is 5.88 Å². The summed E-state index contributed by atoms with van der Waals surface area (Å²) in [6.45, 7) is 3.38. The van der Waals surface area contributed by atoms with Gasteiger partial charge in [0.25, 0.3) is 5.88 Å². The van der Waals surface area contributed by atoms with Crippen molar-refractivity contribution in [1.29, 1.82) is 0 Å². The molecule has 3 heterocycles. The zero-order valence-corrected chi connectivity index (χ0v) is 20.9. The summed E-state index contributed by atoms with van der Waals surface area (Å²) in [5.74, 6) is -0.194. The van der Waals surface area contributed by atoms with E-state index in [0.717, 1.165) is 5.39 Å². The Kier molecular flexibility index (Phi) is 6.45. The highest BCUT2D eigenvalue weighted by molar-refractivity contribution is 6.35. The Balaban J connectivity index is 1.59. The summed E-state index contributed by atoms with van der Waals surface area (Å²) in [6, 6.07) is 18.6. The summed E-state index contributed by atoms with van der Waals surface area (Å²) in [6.07, 6.45) is 1.67. The van der Waals surface area contributed by atoms with Gasteiger partial charge in [-0.25, -0.2) is 14.4 Å². The van der Waals surface area contributed by atoms with Crippen LogP contribution in [0.1, 0.15) is 25.2 Å². The van der Waals surface area contributed by atoms with Crippen LogP contribution >= 0.6 is 11.6 Å². The van der Waals surface area contributed by atoms with Crippen molar-refractivity contribution in [3.63, 3.8) is 0 Å². The van der Waals surface area contributed by atoms with E-state index in [1.807, 2.05) is 18.2 Å². The molecule has 0 aliphatic rings. The van der Waals surface area contributed by atoms with Crippen LogP contribution in [0.15, 0.2) is 72.9 Å². The van der Waals surface area contributed by atoms with E-state index in [9.17, 15) is 9.50 Å². The second-order valence-corrected chi connectivity index (χ2v) is 9.42. The Hall–Kier alpha value is -4.14. The van der Waals surface area contributed by atoms with Crippen LogP contribution in [-0.2, 0) is 12.2 Å². The van der Waals surface area contributed by atoms with Gasteiger partial charge in [-0.15, -0.1) is 0 Å². The van der Waals surface area contributed by atoms with Crippen molar-refractivity contribution in [2.24, 2.45) is 0 Å². The lowest BCUT2D eigenvalue weighted by molar-refractivity contribution is 0.0734. The Morgan fingerprint density at radius 1 is 0.946 bits per heavy atom. The number of halogens is 2. The number of aromatic nitrogens is 4. The highest BCUT2D eigenvalue weighted by atomic mass is 35.5. The lowest BCUT2D eigenvalue weighted by Crippen LogP contribution is -2.18. The van der Waals surface area contributed by atoms with Gasteiger partial charge in [0, 0.05) is 22.7 Å². The SMILES string of the molecule is CC(C)(O)c1cccc(COc2nc(-c3cc(Cl)c4ncccc4c3)c(-c3ccc(F)cc3)nc2N)n1. The van der Waals surface area contributed by atoms with E-state index in [1.54, 1.807) is 56.4 Å². The minimum absolute atomic E-state index is 0.0561. The third-order valence-corrected chi connectivity index (χ3v) is 6.02. The van der Waals surface area contributed by atoms with Gasteiger partial charge in [-0.05, 0) is 68.4 Å². The summed E-state index contributed by atoms with van der Waals surface area (Å²) < 4.78 is 19.6. The molecule has 9 heteroatoms. The van der Waals surface area contributed by atoms with Crippen LogP contribution in [0.3, 0.4) is 0 Å². The Labute approximate surface area is 217 Å². The predicted octanol–water partition coefficient (Wildman–Crippen LogP) is 5.93. The molecule has 0 fully saturated rings. The molecule has 37 heavy (non-hydrogen) atoms. The molecule has 0 radical (unpaired) electrons. The zero-order valence-electron chi connectivity index (χ0n) is 20.1. The van der Waals surface area contributed by atoms with E-state index >= 15 is 0 Å². The third kappa shape index (κ3) is 5.21. The number of anilines is 1. The van der Waals surface area contributed by atoms with Gasteiger partial charge in [0.2, 0.25) is 0 Å². The maximum Gasteiger partial charge on any atom is 0.258 e. The van der Waals surface area contributed by atoms with Gasteiger partial charge in [-0.2, -0.15) is 0 Å². The molecule has 0 bridgehead atoms. The van der Waals surface area contributed by atoms with Crippen LogP contribution in [-0.4, -0.2) is 25.0 Å². The van der Waals surface area contributed by atoms with Crippen molar-refractivity contribution in [3.05, 3.63) is 95.2 Å². The van der Waals surface area contributed by atoms with Crippen LogP contribution in [0.2, 0.25) is 5.02 Å². The summed E-state index contributed by atoms with van der Waals surface area (Å²) in [5, 5.41) is 11.5. The molecule has 7 nitrogen and oxygen atoms in total. The number of rotatable bonds is 6. The van der Waals surface area contributed by atoms with Gasteiger partial charge in [0.1, 0.15) is 23.7 Å². The monoisotopic (exact) mass is 515 g/mol. The van der Waals surface area contributed by atoms with Crippen LogP contribution in [0.4, 0.5) is 10.2 Å². The topological polar surface area (TPSA) is 107 Å². The number of hydrogen-bond acceptors (Lipinski definition) is 7. The first kappa shape index (κ1) is 24.5. The van der Waals surface area contributed by atoms with Gasteiger partial charge in [-0.3, -0.25) is 9.97 Å². The van der Waals surface area contributed by atoms with Crippen LogP contribution < -0.4 is 10.5 Å². The summed E-state index contributed by atoms with van der Waals surface area (Å²) in [4.78, 5) is 18.1. The van der Waals surface area contributed by atoms with E-state index in [2.05, 4.69) is 15.0 Å². The van der Waals surface area contributed by atoms with Gasteiger partial charge >= 0.3 is 0 Å². The lowest BCUT2D eigenvalue weighted by Gasteiger charge is -2.17. The molecule has 3 aromatic heterocycles. The minimum atomic E-state index is -1.09. The molecule has 0 amide bonds. The quantitative estimate of drug-likeness (QED) is 0.288. The first-order valence-corrected chi connectivity index (χ1v) is 11.9. The number of fused-ring (bicyclic) bond motifs is 1. The number of nitrogen functional groups attached to an aromatic ring is 1. The molecule has 186 valence electrons. The average Bonchev–Trinajstić information content (AvgIpc) is 2.88. The second-order valence-electron chi connectivity index (χ2n) is 9.01. The second kappa shape index (κ2) is 9.72. The van der Waals surface area contributed by atoms with Crippen LogP contribution in [0.25, 0.3) is 33.4 Å². The van der Waals surface area contributed by atoms with Gasteiger partial charge in [-0.1, -0.05) is 23.7 Å². The number of pyridine rings is 2. The van der Waals surface area contributed by atoms with E-state index in [-0.39, 0.29) is 24.1 Å². The fourth-order valence-electron chi connectivity index (χ4n) is 3.88. The molecule has 0 saturated carbocycles. The Morgan fingerprint density at radius 2 is 1.70 bits per heavy atom. The maximum absolute atomic E-state index is 13.6. The lowest BCUT2D eigenvalue weighted by atomic mass is 10.0. The molecular weight excluding hydrogens is 493 g/mol. The Morgan fingerprint density at radius 3 is 2.46 bits per heavy atom. The van der Waals surface area contributed by atoms with Gasteiger partial charge in [0.15, 0.2) is 5.82 Å². The van der Waals surface area contributed by atoms with E-state index in [4.69, 9.17) is 27.1 Å². The van der Waals surface area contributed by atoms with Crippen molar-refractivity contribution in [2.75, 3.05) is 5.73 Å². The highest BCUT2D eigenvalue weighted by Gasteiger charge is 2.20. The summed E-state index contributed by atoms with van der Waals surface area (Å²) in [7, 11) is 0. The molecule has 0 unspecified atom stereocenters. The molecular formula is C28H23ClFN5O2. The van der Waals surface area contributed by atoms with Crippen molar-refractivity contribution >= 4 is 28.3 Å². The molecule has 2 aromatic carbocycles. The minimum Gasteiger partial charge on any atom is -0.469 e. The molecule has 0 aliphatic heterocycles. The first-order valence-electron chi connectivity index (χ1n) is 11.5. The number of benzene rings is 2. The maximum atomic E-state index is 13.6. The molecule has 0 atom stereocenters. The highest BCUT2D eigenvalue weighted by Crippen LogP contribution is 2.36. The van der Waals surface area contributed by atoms with Crippen molar-refractivity contribution < 1.29 is 14.2 Å². The van der Waals surface area contributed by atoms with E-state index < -0.39 is 5.60 Å². The number of nitrogens with zero attached hydrogens (tertiary/aromatic N) is 4. The third-order valence-electron chi connectivity index (χ3n) is 5.73. The van der Waals surface area contributed by atoms with Crippen molar-refractivity contribution in [3.8, 4) is 28.4 Å². The molecule has 0 aliphatic carbocycles. The molecule has 5 aromatic rings. The fraction of sp³-hybridized carbons (Fsp3) is 0.143. The molecule has 0 saturated heterocycles. The van der Waals surface area contributed by atoms with Gasteiger partial charge in [0.05, 0.1) is 27.6 Å². The molecule has 5 rings (SSSR count). The number of ether oxygens (including phenoxy) is 1. The summed E-state index contributed by atoms with van der Waals surface area (Å²) in [5.41, 5.74) is 9.13. The van der Waals surface area contributed by atoms with Crippen molar-refractivity contribution in [2.45, 2.75) is 26.1 Å². The fourth-order valence-corrected chi connectivity index (χ4v) is 4.15. The first-order chi connectivity index (χ1) is 17.7. The Bertz CT molecular complexity index is 1600. The number of hydrogen-bond donors (Lipinski definition) is 2. The predicted molar refractivity (Wildman–Crippen MR) is 141 cm³/mol. The molecule has 3 N–H and O–H groups in total. The van der Waals surface area contributed by atoms with Crippen LogP contribution in [0, 0.1) is 5.82 Å². The van der Waals surface area contributed by atoms with Crippen molar-refractivity contribution in [1.82, 2.24) is 19.9 Å². The number of aliphatic hydroxyl groups is 1. The van der Waals surface area contributed by atoms with E-state index in [1.165, 1.54) is 12.1 Å². The average molecular weight is 516 g/mol. The summed E-state index contributed by atoms with van der Waals surface area (Å²) >= 11 is 6.55. The van der Waals surface area contributed by atoms with Gasteiger partial charge < -0.3 is 15.6 Å². The standard InChI is InChI=1S/C28H23ClFN5O2/c1-28(2,36)22-7-3-6-20(33-22)15-37-27-26(31)34-24(16-8-10-19(30)11-9-16)25(35-27)18-13-17-5-4-12-32-23(17)21(29)14-18/h3-14,36H,15H2,1-2H3,(H2,31,34). The number of nitrogens with two attached hydrogens (primary N) is 1. The zero-order chi connectivity index (χ0) is 26.2. The largest absolute Gasteiger partial charge is 0.469 e. The smallest absolute Gasteiger partial charge is 0.258 e. The molecule has 0 spiro atoms. The normalized spacial score (nSPS) is 11.6.